The van der Waals surface area contributed by atoms with Crippen LogP contribution in [-0.4, -0.2) is 11.6 Å². The quantitative estimate of drug-likeness (QED) is 0.798. The highest BCUT2D eigenvalue weighted by atomic mass is 79.9. The molecule has 0 saturated carbocycles. The van der Waals surface area contributed by atoms with Crippen LogP contribution in [0.3, 0.4) is 0 Å². The summed E-state index contributed by atoms with van der Waals surface area (Å²) in [6.07, 6.45) is 4.56. The topological polar surface area (TPSA) is 31.4 Å². The van der Waals surface area contributed by atoms with Gasteiger partial charge in [-0.15, -0.1) is 0 Å². The van der Waals surface area contributed by atoms with Gasteiger partial charge in [-0.25, -0.2) is 0 Å². The number of nitrogens with zero attached hydrogens (tertiary/aromatic N) is 1. The Morgan fingerprint density at radius 1 is 1.05 bits per heavy atom. The lowest BCUT2D eigenvalue weighted by Gasteiger charge is -2.08. The Morgan fingerprint density at radius 2 is 1.74 bits per heavy atom. The number of halogens is 1. The van der Waals surface area contributed by atoms with Gasteiger partial charge >= 0.3 is 0 Å². The van der Waals surface area contributed by atoms with E-state index in [1.54, 1.807) is 12.4 Å². The molecule has 100 valence electrons. The molecule has 0 fully saturated rings. The average Bonchev–Trinajstić information content (AvgIpc) is 2.44. The molecular formula is C15H16BrNO2. The molecule has 3 nitrogen and oxygen atoms in total. The van der Waals surface area contributed by atoms with Crippen LogP contribution >= 0.6 is 15.9 Å². The van der Waals surface area contributed by atoms with Gasteiger partial charge in [0.1, 0.15) is 18.1 Å². The number of rotatable bonds is 6. The molecular weight excluding hydrogens is 306 g/mol. The van der Waals surface area contributed by atoms with Crippen molar-refractivity contribution in [3.63, 3.8) is 0 Å². The summed E-state index contributed by atoms with van der Waals surface area (Å²) in [7, 11) is 0. The van der Waals surface area contributed by atoms with Gasteiger partial charge in [-0.1, -0.05) is 6.92 Å². The van der Waals surface area contributed by atoms with Crippen LogP contribution in [0.5, 0.6) is 11.5 Å². The van der Waals surface area contributed by atoms with E-state index in [1.165, 1.54) is 0 Å². The zero-order chi connectivity index (χ0) is 13.5. The van der Waals surface area contributed by atoms with Crippen LogP contribution in [0.15, 0.2) is 47.2 Å². The highest BCUT2D eigenvalue weighted by Gasteiger charge is 1.99. The van der Waals surface area contributed by atoms with E-state index in [9.17, 15) is 0 Å². The van der Waals surface area contributed by atoms with Gasteiger partial charge in [0.15, 0.2) is 0 Å². The van der Waals surface area contributed by atoms with E-state index in [1.807, 2.05) is 30.3 Å². The van der Waals surface area contributed by atoms with Crippen LogP contribution in [0.25, 0.3) is 0 Å². The number of aromatic nitrogens is 1. The van der Waals surface area contributed by atoms with Crippen LogP contribution in [0.1, 0.15) is 18.9 Å². The molecule has 0 unspecified atom stereocenters. The summed E-state index contributed by atoms with van der Waals surface area (Å²) in [6.45, 7) is 3.33. The van der Waals surface area contributed by atoms with Gasteiger partial charge in [-0.3, -0.25) is 4.98 Å². The van der Waals surface area contributed by atoms with Gasteiger partial charge < -0.3 is 9.47 Å². The predicted octanol–water partition coefficient (Wildman–Crippen LogP) is 4.21. The molecule has 4 heteroatoms. The third-order valence-corrected chi connectivity index (χ3v) is 2.90. The fraction of sp³-hybridized carbons (Fsp3) is 0.267. The Kier molecular flexibility index (Phi) is 5.21. The van der Waals surface area contributed by atoms with Crippen LogP contribution in [-0.2, 0) is 6.61 Å². The smallest absolute Gasteiger partial charge is 0.120 e. The highest BCUT2D eigenvalue weighted by molar-refractivity contribution is 9.10. The molecule has 0 amide bonds. The minimum absolute atomic E-state index is 0.502. The molecule has 1 aromatic carbocycles. The molecule has 0 radical (unpaired) electrons. The number of pyridine rings is 1. The van der Waals surface area contributed by atoms with Crippen molar-refractivity contribution in [1.82, 2.24) is 4.98 Å². The van der Waals surface area contributed by atoms with Gasteiger partial charge in [0.05, 0.1) is 6.61 Å². The summed E-state index contributed by atoms with van der Waals surface area (Å²) in [5.74, 6) is 1.70. The summed E-state index contributed by atoms with van der Waals surface area (Å²) in [5.41, 5.74) is 1.03. The summed E-state index contributed by atoms with van der Waals surface area (Å²) in [4.78, 5) is 4.10. The van der Waals surface area contributed by atoms with Crippen molar-refractivity contribution in [2.75, 3.05) is 6.61 Å². The minimum Gasteiger partial charge on any atom is -0.494 e. The highest BCUT2D eigenvalue weighted by Crippen LogP contribution is 2.19. The number of hydrogen-bond donors (Lipinski definition) is 0. The second-order valence-electron chi connectivity index (χ2n) is 4.12. The lowest BCUT2D eigenvalue weighted by molar-refractivity contribution is 0.301. The third kappa shape index (κ3) is 4.56. The average molecular weight is 322 g/mol. The fourth-order valence-corrected chi connectivity index (χ4v) is 1.97. The molecule has 0 bridgehead atoms. The molecule has 0 N–H and O–H groups in total. The van der Waals surface area contributed by atoms with Gasteiger partial charge in [0, 0.05) is 22.4 Å². The van der Waals surface area contributed by atoms with E-state index in [2.05, 4.69) is 27.8 Å². The van der Waals surface area contributed by atoms with Crippen LogP contribution in [0.4, 0.5) is 0 Å². The van der Waals surface area contributed by atoms with E-state index >= 15 is 0 Å². The fourth-order valence-electron chi connectivity index (χ4n) is 1.55. The first-order chi connectivity index (χ1) is 9.28. The Labute approximate surface area is 121 Å². The van der Waals surface area contributed by atoms with Gasteiger partial charge in [0.2, 0.25) is 0 Å². The van der Waals surface area contributed by atoms with E-state index < -0.39 is 0 Å². The maximum atomic E-state index is 5.69. The molecule has 0 aliphatic rings. The van der Waals surface area contributed by atoms with E-state index in [4.69, 9.17) is 9.47 Å². The monoisotopic (exact) mass is 321 g/mol. The second kappa shape index (κ2) is 7.14. The Balaban J connectivity index is 1.89. The predicted molar refractivity (Wildman–Crippen MR) is 78.5 cm³/mol. The Hall–Kier alpha value is -1.55. The third-order valence-electron chi connectivity index (χ3n) is 2.46. The van der Waals surface area contributed by atoms with Gasteiger partial charge in [-0.2, -0.15) is 0 Å². The molecule has 0 aliphatic heterocycles. The first-order valence-electron chi connectivity index (χ1n) is 6.23. The first kappa shape index (κ1) is 13.9. The summed E-state index contributed by atoms with van der Waals surface area (Å²) in [6, 6.07) is 9.66. The maximum absolute atomic E-state index is 5.69. The number of ether oxygens (including phenoxy) is 2. The normalized spacial score (nSPS) is 10.2. The van der Waals surface area contributed by atoms with Crippen molar-refractivity contribution < 1.29 is 9.47 Å². The molecule has 1 heterocycles. The van der Waals surface area contributed by atoms with E-state index in [-0.39, 0.29) is 0 Å². The van der Waals surface area contributed by atoms with Crippen LogP contribution in [0, 0.1) is 0 Å². The summed E-state index contributed by atoms with van der Waals surface area (Å²) >= 11 is 3.39. The molecule has 0 atom stereocenters. The number of benzene rings is 1. The van der Waals surface area contributed by atoms with Gasteiger partial charge in [0.25, 0.3) is 0 Å². The lowest BCUT2D eigenvalue weighted by atomic mass is 10.3. The van der Waals surface area contributed by atoms with Crippen LogP contribution < -0.4 is 9.47 Å². The first-order valence-corrected chi connectivity index (χ1v) is 7.02. The zero-order valence-corrected chi connectivity index (χ0v) is 12.4. The summed E-state index contributed by atoms with van der Waals surface area (Å²) < 4.78 is 12.2. The summed E-state index contributed by atoms with van der Waals surface area (Å²) in [5, 5.41) is 0. The molecule has 0 aliphatic carbocycles. The maximum Gasteiger partial charge on any atom is 0.120 e. The SMILES string of the molecule is CCCOc1ccc(OCc2cncc(Br)c2)cc1. The van der Waals surface area contributed by atoms with E-state index in [0.29, 0.717) is 6.61 Å². The number of hydrogen-bond acceptors (Lipinski definition) is 3. The van der Waals surface area contributed by atoms with Crippen molar-refractivity contribution in [2.45, 2.75) is 20.0 Å². The Morgan fingerprint density at radius 3 is 2.37 bits per heavy atom. The van der Waals surface area contributed by atoms with Crippen LogP contribution in [0.2, 0.25) is 0 Å². The van der Waals surface area contributed by atoms with Crippen molar-refractivity contribution in [3.05, 3.63) is 52.8 Å². The van der Waals surface area contributed by atoms with Crippen molar-refractivity contribution in [3.8, 4) is 11.5 Å². The molecule has 0 saturated heterocycles. The second-order valence-corrected chi connectivity index (χ2v) is 5.04. The lowest BCUT2D eigenvalue weighted by Crippen LogP contribution is -1.97. The molecule has 1 aromatic heterocycles. The molecule has 2 aromatic rings. The molecule has 19 heavy (non-hydrogen) atoms. The molecule has 2 rings (SSSR count). The van der Waals surface area contributed by atoms with Crippen molar-refractivity contribution in [1.29, 1.82) is 0 Å². The van der Waals surface area contributed by atoms with E-state index in [0.717, 1.165) is 34.6 Å². The largest absolute Gasteiger partial charge is 0.494 e. The van der Waals surface area contributed by atoms with Crippen molar-refractivity contribution in [2.24, 2.45) is 0 Å². The standard InChI is InChI=1S/C15H16BrNO2/c1-2-7-18-14-3-5-15(6-4-14)19-11-12-8-13(16)10-17-9-12/h3-6,8-10H,2,7,11H2,1H3. The van der Waals surface area contributed by atoms with Crippen molar-refractivity contribution >= 4 is 15.9 Å². The zero-order valence-electron chi connectivity index (χ0n) is 10.8. The van der Waals surface area contributed by atoms with Gasteiger partial charge in [-0.05, 0) is 52.7 Å². The Bertz CT molecular complexity index is 514. The molecule has 0 spiro atoms. The minimum atomic E-state index is 0.502.